The van der Waals surface area contributed by atoms with Crippen molar-refractivity contribution in [2.45, 2.75) is 6.04 Å². The van der Waals surface area contributed by atoms with Crippen molar-refractivity contribution in [3.05, 3.63) is 64.6 Å². The van der Waals surface area contributed by atoms with Crippen molar-refractivity contribution in [2.24, 2.45) is 0 Å². The minimum Gasteiger partial charge on any atom is -0.468 e. The number of carbonyl (C=O) groups excluding carboxylic acids is 2. The first-order valence-corrected chi connectivity index (χ1v) is 8.19. The van der Waals surface area contributed by atoms with Crippen LogP contribution in [0.15, 0.2) is 59.1 Å². The Balaban J connectivity index is 2.10. The van der Waals surface area contributed by atoms with Crippen molar-refractivity contribution >= 4 is 33.5 Å². The highest BCUT2D eigenvalue weighted by atomic mass is 79.9. The van der Waals surface area contributed by atoms with Crippen LogP contribution in [0.4, 0.5) is 5.69 Å². The van der Waals surface area contributed by atoms with Gasteiger partial charge in [-0.3, -0.25) is 9.69 Å². The highest BCUT2D eigenvalue weighted by molar-refractivity contribution is 9.10. The van der Waals surface area contributed by atoms with Crippen LogP contribution in [0.2, 0.25) is 0 Å². The molecule has 0 saturated carbocycles. The molecule has 0 aromatic heterocycles. The number of nitrogens with one attached hydrogen (secondary N) is 1. The number of para-hydroxylation sites is 1. The van der Waals surface area contributed by atoms with E-state index in [0.717, 1.165) is 10.0 Å². The summed E-state index contributed by atoms with van der Waals surface area (Å²) in [6, 6.07) is 16.0. The molecule has 0 spiro atoms. The summed E-state index contributed by atoms with van der Waals surface area (Å²) < 4.78 is 5.69. The van der Waals surface area contributed by atoms with Gasteiger partial charge in [-0.05, 0) is 40.7 Å². The van der Waals surface area contributed by atoms with Crippen LogP contribution in [0, 0.1) is 0 Å². The van der Waals surface area contributed by atoms with Gasteiger partial charge in [0.1, 0.15) is 6.04 Å². The Bertz CT molecular complexity index is 706. The second-order valence-electron chi connectivity index (χ2n) is 5.28. The molecule has 0 aliphatic rings. The molecule has 24 heavy (non-hydrogen) atoms. The molecule has 0 aliphatic carbocycles. The fourth-order valence-corrected chi connectivity index (χ4v) is 2.77. The lowest BCUT2D eigenvalue weighted by Crippen LogP contribution is -2.37. The Kier molecular flexibility index (Phi) is 6.52. The Labute approximate surface area is 149 Å². The van der Waals surface area contributed by atoms with Gasteiger partial charge in [0.25, 0.3) is 0 Å². The zero-order valence-electron chi connectivity index (χ0n) is 13.5. The average molecular weight is 391 g/mol. The molecule has 2 rings (SSSR count). The standard InChI is InChI=1S/C18H19BrN2O3/c1-21(12-16(22)20-15-11-7-6-10-14(15)19)17(18(23)24-2)13-8-4-3-5-9-13/h3-11,17H,12H2,1-2H3,(H,20,22)/t17-/m1/s1. The minimum absolute atomic E-state index is 0.0516. The third kappa shape index (κ3) is 4.66. The first-order valence-electron chi connectivity index (χ1n) is 7.40. The summed E-state index contributed by atoms with van der Waals surface area (Å²) in [7, 11) is 3.06. The smallest absolute Gasteiger partial charge is 0.327 e. The van der Waals surface area contributed by atoms with E-state index in [1.54, 1.807) is 18.0 Å². The predicted octanol–water partition coefficient (Wildman–Crippen LogP) is 3.23. The Morgan fingerprint density at radius 2 is 1.75 bits per heavy atom. The maximum Gasteiger partial charge on any atom is 0.327 e. The van der Waals surface area contributed by atoms with Crippen LogP contribution in [0.25, 0.3) is 0 Å². The maximum absolute atomic E-state index is 12.3. The number of esters is 1. The lowest BCUT2D eigenvalue weighted by Gasteiger charge is -2.25. The zero-order chi connectivity index (χ0) is 17.5. The second kappa shape index (κ2) is 8.61. The van der Waals surface area contributed by atoms with Gasteiger partial charge < -0.3 is 10.1 Å². The van der Waals surface area contributed by atoms with Crippen molar-refractivity contribution < 1.29 is 14.3 Å². The molecule has 1 amide bonds. The summed E-state index contributed by atoms with van der Waals surface area (Å²) >= 11 is 3.39. The summed E-state index contributed by atoms with van der Waals surface area (Å²) in [5, 5.41) is 2.82. The lowest BCUT2D eigenvalue weighted by atomic mass is 10.1. The Hall–Kier alpha value is -2.18. The summed E-state index contributed by atoms with van der Waals surface area (Å²) in [4.78, 5) is 26.1. The van der Waals surface area contributed by atoms with E-state index in [1.807, 2.05) is 48.5 Å². The van der Waals surface area contributed by atoms with Gasteiger partial charge >= 0.3 is 5.97 Å². The highest BCUT2D eigenvalue weighted by Gasteiger charge is 2.27. The van der Waals surface area contributed by atoms with E-state index in [0.29, 0.717) is 5.69 Å². The van der Waals surface area contributed by atoms with Gasteiger partial charge in [-0.25, -0.2) is 4.79 Å². The van der Waals surface area contributed by atoms with Crippen molar-refractivity contribution in [2.75, 3.05) is 26.0 Å². The minimum atomic E-state index is -0.638. The van der Waals surface area contributed by atoms with Crippen molar-refractivity contribution in [3.8, 4) is 0 Å². The average Bonchev–Trinajstić information content (AvgIpc) is 2.58. The third-order valence-corrected chi connectivity index (χ3v) is 4.21. The molecule has 2 aromatic rings. The van der Waals surface area contributed by atoms with Gasteiger partial charge in [0.2, 0.25) is 5.91 Å². The van der Waals surface area contributed by atoms with E-state index in [4.69, 9.17) is 4.74 Å². The first-order chi connectivity index (χ1) is 11.5. The van der Waals surface area contributed by atoms with Crippen LogP contribution in [-0.2, 0) is 14.3 Å². The number of rotatable bonds is 6. The predicted molar refractivity (Wildman–Crippen MR) is 96.6 cm³/mol. The zero-order valence-corrected chi connectivity index (χ0v) is 15.1. The van der Waals surface area contributed by atoms with E-state index in [-0.39, 0.29) is 12.5 Å². The molecule has 2 aromatic carbocycles. The quantitative estimate of drug-likeness (QED) is 0.769. The second-order valence-corrected chi connectivity index (χ2v) is 6.13. The molecule has 5 nitrogen and oxygen atoms in total. The number of benzene rings is 2. The number of ether oxygens (including phenoxy) is 1. The Morgan fingerprint density at radius 3 is 2.38 bits per heavy atom. The largest absolute Gasteiger partial charge is 0.468 e. The summed E-state index contributed by atoms with van der Waals surface area (Å²) in [5.74, 6) is -0.619. The van der Waals surface area contributed by atoms with Gasteiger partial charge in [0.15, 0.2) is 0 Å². The molecular formula is C18H19BrN2O3. The Morgan fingerprint density at radius 1 is 1.12 bits per heavy atom. The van der Waals surface area contributed by atoms with Gasteiger partial charge in [0.05, 0.1) is 19.3 Å². The molecule has 0 fully saturated rings. The van der Waals surface area contributed by atoms with Crippen LogP contribution >= 0.6 is 15.9 Å². The first kappa shape index (κ1) is 18.2. The molecule has 126 valence electrons. The fourth-order valence-electron chi connectivity index (χ4n) is 2.39. The van der Waals surface area contributed by atoms with Gasteiger partial charge in [-0.15, -0.1) is 0 Å². The normalized spacial score (nSPS) is 11.8. The summed E-state index contributed by atoms with van der Waals surface area (Å²) in [5.41, 5.74) is 1.46. The SMILES string of the molecule is COC(=O)[C@@H](c1ccccc1)N(C)CC(=O)Nc1ccccc1Br. The summed E-state index contributed by atoms with van der Waals surface area (Å²) in [6.45, 7) is 0.0516. The van der Waals surface area contributed by atoms with Crippen LogP contribution in [0.5, 0.6) is 0 Å². The number of nitrogens with zero attached hydrogens (tertiary/aromatic N) is 1. The van der Waals surface area contributed by atoms with E-state index in [2.05, 4.69) is 21.2 Å². The number of carbonyl (C=O) groups is 2. The topological polar surface area (TPSA) is 58.6 Å². The van der Waals surface area contributed by atoms with E-state index < -0.39 is 12.0 Å². The van der Waals surface area contributed by atoms with Crippen LogP contribution in [-0.4, -0.2) is 37.5 Å². The van der Waals surface area contributed by atoms with Crippen molar-refractivity contribution in [3.63, 3.8) is 0 Å². The number of hydrogen-bond acceptors (Lipinski definition) is 4. The molecule has 0 radical (unpaired) electrons. The molecule has 0 bridgehead atoms. The van der Waals surface area contributed by atoms with Crippen LogP contribution in [0.1, 0.15) is 11.6 Å². The molecule has 0 unspecified atom stereocenters. The van der Waals surface area contributed by atoms with Crippen molar-refractivity contribution in [1.82, 2.24) is 4.90 Å². The van der Waals surface area contributed by atoms with E-state index in [1.165, 1.54) is 7.11 Å². The fraction of sp³-hybridized carbons (Fsp3) is 0.222. The number of methoxy groups -OCH3 is 1. The maximum atomic E-state index is 12.3. The highest BCUT2D eigenvalue weighted by Crippen LogP contribution is 2.23. The molecule has 0 aliphatic heterocycles. The monoisotopic (exact) mass is 390 g/mol. The van der Waals surface area contributed by atoms with E-state index >= 15 is 0 Å². The molecular weight excluding hydrogens is 372 g/mol. The van der Waals surface area contributed by atoms with E-state index in [9.17, 15) is 9.59 Å². The summed E-state index contributed by atoms with van der Waals surface area (Å²) in [6.07, 6.45) is 0. The number of likely N-dealkylation sites (N-methyl/N-ethyl adjacent to an activating group) is 1. The molecule has 0 heterocycles. The molecule has 0 saturated heterocycles. The number of amides is 1. The van der Waals surface area contributed by atoms with Gasteiger partial charge in [-0.1, -0.05) is 42.5 Å². The molecule has 1 atom stereocenters. The van der Waals surface area contributed by atoms with Crippen molar-refractivity contribution in [1.29, 1.82) is 0 Å². The number of halogens is 1. The molecule has 6 heteroatoms. The van der Waals surface area contributed by atoms with Gasteiger partial charge in [0, 0.05) is 4.47 Å². The molecule has 1 N–H and O–H groups in total. The lowest BCUT2D eigenvalue weighted by molar-refractivity contribution is -0.147. The third-order valence-electron chi connectivity index (χ3n) is 3.52. The number of anilines is 1. The number of hydrogen-bond donors (Lipinski definition) is 1. The van der Waals surface area contributed by atoms with Gasteiger partial charge in [-0.2, -0.15) is 0 Å². The van der Waals surface area contributed by atoms with Crippen LogP contribution in [0.3, 0.4) is 0 Å². The van der Waals surface area contributed by atoms with Crippen LogP contribution < -0.4 is 5.32 Å².